The van der Waals surface area contributed by atoms with Gasteiger partial charge < -0.3 is 19.8 Å². The molecule has 0 radical (unpaired) electrons. The number of pyridine rings is 1. The highest BCUT2D eigenvalue weighted by molar-refractivity contribution is 5.97. The quantitative estimate of drug-likeness (QED) is 0.646. The summed E-state index contributed by atoms with van der Waals surface area (Å²) < 4.78 is 11.5. The molecule has 1 aromatic heterocycles. The van der Waals surface area contributed by atoms with E-state index in [0.717, 1.165) is 0 Å². The van der Waals surface area contributed by atoms with Crippen LogP contribution in [0.15, 0.2) is 23.0 Å². The van der Waals surface area contributed by atoms with Gasteiger partial charge in [0.05, 0.1) is 18.0 Å². The number of carbonyl (C=O) groups is 1. The molecule has 0 fully saturated rings. The summed E-state index contributed by atoms with van der Waals surface area (Å²) >= 11 is 0. The van der Waals surface area contributed by atoms with Crippen LogP contribution in [0, 0.1) is 0 Å². The SMILES string of the molecule is COc1c(OC(C)=O)c(=O)n(C)c2cccc(N)c12. The summed E-state index contributed by atoms with van der Waals surface area (Å²) in [6.07, 6.45) is 0. The van der Waals surface area contributed by atoms with Crippen LogP contribution in [0.25, 0.3) is 10.9 Å². The van der Waals surface area contributed by atoms with E-state index in [-0.39, 0.29) is 11.5 Å². The Hall–Kier alpha value is -2.50. The first-order valence-corrected chi connectivity index (χ1v) is 5.61. The summed E-state index contributed by atoms with van der Waals surface area (Å²) in [7, 11) is 2.98. The number of fused-ring (bicyclic) bond motifs is 1. The van der Waals surface area contributed by atoms with Gasteiger partial charge in [-0.15, -0.1) is 0 Å². The minimum Gasteiger partial charge on any atom is -0.492 e. The number of ether oxygens (including phenoxy) is 2. The van der Waals surface area contributed by atoms with Crippen LogP contribution in [0.2, 0.25) is 0 Å². The second-order valence-corrected chi connectivity index (χ2v) is 4.06. The van der Waals surface area contributed by atoms with Crippen molar-refractivity contribution in [1.82, 2.24) is 4.57 Å². The van der Waals surface area contributed by atoms with Gasteiger partial charge in [-0.2, -0.15) is 0 Å². The van der Waals surface area contributed by atoms with E-state index in [4.69, 9.17) is 15.2 Å². The van der Waals surface area contributed by atoms with Crippen LogP contribution >= 0.6 is 0 Å². The number of nitrogens with zero attached hydrogens (tertiary/aromatic N) is 1. The highest BCUT2D eigenvalue weighted by Crippen LogP contribution is 2.35. The first kappa shape index (κ1) is 12.9. The van der Waals surface area contributed by atoms with Gasteiger partial charge in [-0.05, 0) is 12.1 Å². The molecule has 0 aliphatic carbocycles. The highest BCUT2D eigenvalue weighted by Gasteiger charge is 2.20. The molecule has 0 unspecified atom stereocenters. The largest absolute Gasteiger partial charge is 0.492 e. The summed E-state index contributed by atoms with van der Waals surface area (Å²) in [5.41, 5.74) is 6.51. The molecule has 1 heterocycles. The summed E-state index contributed by atoms with van der Waals surface area (Å²) in [6, 6.07) is 5.17. The van der Waals surface area contributed by atoms with E-state index >= 15 is 0 Å². The Morgan fingerprint density at radius 1 is 1.32 bits per heavy atom. The van der Waals surface area contributed by atoms with Crippen molar-refractivity contribution in [3.63, 3.8) is 0 Å². The second-order valence-electron chi connectivity index (χ2n) is 4.06. The van der Waals surface area contributed by atoms with Crippen LogP contribution in [0.1, 0.15) is 6.92 Å². The maximum Gasteiger partial charge on any atom is 0.308 e. The lowest BCUT2D eigenvalue weighted by Crippen LogP contribution is -2.22. The van der Waals surface area contributed by atoms with Crippen molar-refractivity contribution in [3.8, 4) is 11.5 Å². The summed E-state index contributed by atoms with van der Waals surface area (Å²) in [5, 5.41) is 0.545. The molecule has 0 atom stereocenters. The standard InChI is InChI=1S/C13H14N2O4/c1-7(16)19-12-11(18-3)10-8(14)5-4-6-9(10)15(2)13(12)17/h4-6H,14H2,1-3H3. The number of hydrogen-bond acceptors (Lipinski definition) is 5. The molecule has 2 rings (SSSR count). The predicted octanol–water partition coefficient (Wildman–Crippen LogP) is 1.05. The third kappa shape index (κ3) is 2.01. The third-order valence-corrected chi connectivity index (χ3v) is 2.82. The molecule has 2 aromatic rings. The fraction of sp³-hybridized carbons (Fsp3) is 0.231. The maximum absolute atomic E-state index is 12.2. The predicted molar refractivity (Wildman–Crippen MR) is 71.5 cm³/mol. The molecular weight excluding hydrogens is 248 g/mol. The molecule has 2 N–H and O–H groups in total. The van der Waals surface area contributed by atoms with Gasteiger partial charge in [-0.3, -0.25) is 9.59 Å². The third-order valence-electron chi connectivity index (χ3n) is 2.82. The zero-order valence-electron chi connectivity index (χ0n) is 10.9. The van der Waals surface area contributed by atoms with E-state index in [1.165, 1.54) is 18.6 Å². The number of nitrogens with two attached hydrogens (primary N) is 1. The van der Waals surface area contributed by atoms with Gasteiger partial charge in [0.15, 0.2) is 5.75 Å². The van der Waals surface area contributed by atoms with Gasteiger partial charge in [0, 0.05) is 19.7 Å². The fourth-order valence-electron chi connectivity index (χ4n) is 1.99. The van der Waals surface area contributed by atoms with Gasteiger partial charge >= 0.3 is 5.97 Å². The molecule has 6 heteroatoms. The topological polar surface area (TPSA) is 83.5 Å². The Balaban J connectivity index is 2.97. The van der Waals surface area contributed by atoms with Gasteiger partial charge in [0.2, 0.25) is 5.75 Å². The number of methoxy groups -OCH3 is 1. The van der Waals surface area contributed by atoms with E-state index in [0.29, 0.717) is 16.6 Å². The van der Waals surface area contributed by atoms with Gasteiger partial charge in [0.25, 0.3) is 5.56 Å². The number of aromatic nitrogens is 1. The minimum atomic E-state index is -0.593. The Labute approximate surface area is 109 Å². The van der Waals surface area contributed by atoms with Crippen molar-refractivity contribution >= 4 is 22.6 Å². The lowest BCUT2D eigenvalue weighted by Gasteiger charge is -2.14. The average Bonchev–Trinajstić information content (AvgIpc) is 2.36. The molecule has 100 valence electrons. The lowest BCUT2D eigenvalue weighted by atomic mass is 10.1. The number of carbonyl (C=O) groups excluding carboxylic acids is 1. The first-order chi connectivity index (χ1) is 8.97. The van der Waals surface area contributed by atoms with Crippen LogP contribution in [-0.2, 0) is 11.8 Å². The van der Waals surface area contributed by atoms with Crippen molar-refractivity contribution in [1.29, 1.82) is 0 Å². The Morgan fingerprint density at radius 3 is 2.58 bits per heavy atom. The monoisotopic (exact) mass is 262 g/mol. The van der Waals surface area contributed by atoms with Crippen molar-refractivity contribution in [2.75, 3.05) is 12.8 Å². The van der Waals surface area contributed by atoms with Gasteiger partial charge in [-0.25, -0.2) is 0 Å². The average molecular weight is 262 g/mol. The normalized spacial score (nSPS) is 10.5. The van der Waals surface area contributed by atoms with Crippen molar-refractivity contribution < 1.29 is 14.3 Å². The molecule has 0 amide bonds. The molecule has 0 saturated heterocycles. The Bertz CT molecular complexity index is 719. The number of hydrogen-bond donors (Lipinski definition) is 1. The van der Waals surface area contributed by atoms with Crippen LogP contribution in [0.4, 0.5) is 5.69 Å². The number of anilines is 1. The van der Waals surface area contributed by atoms with Crippen molar-refractivity contribution in [3.05, 3.63) is 28.6 Å². The lowest BCUT2D eigenvalue weighted by molar-refractivity contribution is -0.132. The molecule has 0 saturated carbocycles. The maximum atomic E-state index is 12.2. The van der Waals surface area contributed by atoms with Crippen LogP contribution < -0.4 is 20.8 Å². The van der Waals surface area contributed by atoms with Gasteiger partial charge in [0.1, 0.15) is 0 Å². The zero-order chi connectivity index (χ0) is 14.2. The molecule has 0 aliphatic heterocycles. The number of rotatable bonds is 2. The van der Waals surface area contributed by atoms with Crippen molar-refractivity contribution in [2.45, 2.75) is 6.92 Å². The molecule has 6 nitrogen and oxygen atoms in total. The van der Waals surface area contributed by atoms with Gasteiger partial charge in [-0.1, -0.05) is 6.07 Å². The second kappa shape index (κ2) is 4.64. The summed E-state index contributed by atoms with van der Waals surface area (Å²) in [4.78, 5) is 23.3. The molecule has 19 heavy (non-hydrogen) atoms. The van der Waals surface area contributed by atoms with E-state index in [1.54, 1.807) is 25.2 Å². The molecule has 0 aliphatic rings. The first-order valence-electron chi connectivity index (χ1n) is 5.61. The van der Waals surface area contributed by atoms with Crippen LogP contribution in [0.5, 0.6) is 11.5 Å². The summed E-state index contributed by atoms with van der Waals surface area (Å²) in [6.45, 7) is 1.22. The van der Waals surface area contributed by atoms with Crippen LogP contribution in [-0.4, -0.2) is 17.6 Å². The zero-order valence-corrected chi connectivity index (χ0v) is 10.9. The fourth-order valence-corrected chi connectivity index (χ4v) is 1.99. The molecule has 1 aromatic carbocycles. The number of aryl methyl sites for hydroxylation is 1. The molecular formula is C13H14N2O4. The van der Waals surface area contributed by atoms with Crippen molar-refractivity contribution in [2.24, 2.45) is 7.05 Å². The van der Waals surface area contributed by atoms with E-state index in [9.17, 15) is 9.59 Å². The van der Waals surface area contributed by atoms with E-state index in [2.05, 4.69) is 0 Å². The number of esters is 1. The number of nitrogen functional groups attached to an aromatic ring is 1. The summed E-state index contributed by atoms with van der Waals surface area (Å²) in [5.74, 6) is -0.571. The molecule has 0 spiro atoms. The smallest absolute Gasteiger partial charge is 0.308 e. The number of benzene rings is 1. The highest BCUT2D eigenvalue weighted by atomic mass is 16.6. The van der Waals surface area contributed by atoms with Crippen LogP contribution in [0.3, 0.4) is 0 Å². The van der Waals surface area contributed by atoms with E-state index < -0.39 is 11.5 Å². The minimum absolute atomic E-state index is 0.150. The van der Waals surface area contributed by atoms with E-state index in [1.807, 2.05) is 0 Å². The molecule has 0 bridgehead atoms. The Morgan fingerprint density at radius 2 is 2.00 bits per heavy atom. The Kier molecular flexibility index (Phi) is 3.16.